The van der Waals surface area contributed by atoms with E-state index in [1.54, 1.807) is 0 Å². The van der Waals surface area contributed by atoms with Gasteiger partial charge in [-0.15, -0.1) is 0 Å². The van der Waals surface area contributed by atoms with E-state index in [2.05, 4.69) is 181 Å². The van der Waals surface area contributed by atoms with Crippen molar-refractivity contribution >= 4 is 11.0 Å². The van der Waals surface area contributed by atoms with Crippen molar-refractivity contribution in [1.82, 2.24) is 9.55 Å². The molecule has 8 aromatic rings. The second kappa shape index (κ2) is 10.8. The topological polar surface area (TPSA) is 17.8 Å². The predicted octanol–water partition coefficient (Wildman–Crippen LogP) is 11.0. The summed E-state index contributed by atoms with van der Waals surface area (Å²) >= 11 is 0. The van der Waals surface area contributed by atoms with Crippen LogP contribution in [0.4, 0.5) is 0 Å². The zero-order valence-corrected chi connectivity index (χ0v) is 26.1. The van der Waals surface area contributed by atoms with E-state index in [9.17, 15) is 0 Å². The van der Waals surface area contributed by atoms with Crippen LogP contribution >= 0.6 is 0 Å². The van der Waals surface area contributed by atoms with Crippen molar-refractivity contribution in [3.05, 3.63) is 204 Å². The molecule has 1 heterocycles. The second-order valence-electron chi connectivity index (χ2n) is 12.4. The highest BCUT2D eigenvalue weighted by Crippen LogP contribution is 2.57. The van der Waals surface area contributed by atoms with Crippen molar-refractivity contribution in [2.24, 2.45) is 0 Å². The molecule has 0 aliphatic heterocycles. The average Bonchev–Trinajstić information content (AvgIpc) is 3.64. The number of nitrogens with zero attached hydrogens (tertiary/aromatic N) is 2. The Hall–Kier alpha value is -5.99. The summed E-state index contributed by atoms with van der Waals surface area (Å²) in [5.41, 5.74) is 15.4. The number of benzene rings is 7. The quantitative estimate of drug-likeness (QED) is 0.192. The van der Waals surface area contributed by atoms with Crippen LogP contribution in [0.3, 0.4) is 0 Å². The summed E-state index contributed by atoms with van der Waals surface area (Å²) in [4.78, 5) is 4.79. The van der Waals surface area contributed by atoms with Gasteiger partial charge in [0.1, 0.15) is 5.82 Å². The molecular formula is C45H32N2. The summed E-state index contributed by atoms with van der Waals surface area (Å²) in [6, 6.07) is 64.1. The van der Waals surface area contributed by atoms with Crippen molar-refractivity contribution in [1.29, 1.82) is 0 Å². The van der Waals surface area contributed by atoms with Gasteiger partial charge in [-0.05, 0) is 99.0 Å². The number of imidazole rings is 1. The maximum atomic E-state index is 4.79. The van der Waals surface area contributed by atoms with E-state index in [0.717, 1.165) is 22.5 Å². The zero-order valence-electron chi connectivity index (χ0n) is 26.1. The molecule has 2 heteroatoms. The first kappa shape index (κ1) is 27.3. The Morgan fingerprint density at radius 2 is 0.915 bits per heavy atom. The fraction of sp³-hybridized carbons (Fsp3) is 0.0444. The minimum absolute atomic E-state index is 0.471. The van der Waals surface area contributed by atoms with Crippen LogP contribution in [0.25, 0.3) is 50.1 Å². The number of fused-ring (bicyclic) bond motifs is 4. The number of rotatable bonds is 5. The van der Waals surface area contributed by atoms with E-state index in [1.807, 2.05) is 6.07 Å². The summed E-state index contributed by atoms with van der Waals surface area (Å²) in [7, 11) is 0. The smallest absolute Gasteiger partial charge is 0.111 e. The first-order valence-electron chi connectivity index (χ1n) is 16.2. The summed E-state index contributed by atoms with van der Waals surface area (Å²) in [6.45, 7) is 2.07. The second-order valence-corrected chi connectivity index (χ2v) is 12.4. The molecule has 9 rings (SSSR count). The van der Waals surface area contributed by atoms with Gasteiger partial charge in [-0.2, -0.15) is 0 Å². The average molecular weight is 601 g/mol. The number of aromatic nitrogens is 2. The fourth-order valence-corrected chi connectivity index (χ4v) is 7.75. The number of hydrogen-bond acceptors (Lipinski definition) is 1. The maximum absolute atomic E-state index is 4.79. The lowest BCUT2D eigenvalue weighted by Crippen LogP contribution is -2.28. The molecule has 0 saturated carbocycles. The summed E-state index contributed by atoms with van der Waals surface area (Å²) in [5, 5.41) is 0. The van der Waals surface area contributed by atoms with Crippen molar-refractivity contribution in [2.75, 3.05) is 0 Å². The molecule has 1 aliphatic carbocycles. The molecule has 0 saturated heterocycles. The first-order valence-corrected chi connectivity index (χ1v) is 16.2. The van der Waals surface area contributed by atoms with E-state index < -0.39 is 5.41 Å². The Morgan fingerprint density at radius 1 is 0.447 bits per heavy atom. The van der Waals surface area contributed by atoms with Gasteiger partial charge in [-0.3, -0.25) is 4.57 Å². The van der Waals surface area contributed by atoms with Gasteiger partial charge < -0.3 is 0 Å². The monoisotopic (exact) mass is 600 g/mol. The van der Waals surface area contributed by atoms with E-state index in [4.69, 9.17) is 4.98 Å². The van der Waals surface area contributed by atoms with E-state index in [-0.39, 0.29) is 0 Å². The van der Waals surface area contributed by atoms with E-state index in [1.165, 1.54) is 55.6 Å². The molecule has 1 aliphatic rings. The molecule has 47 heavy (non-hydrogen) atoms. The standard InChI is InChI=1S/C45H32N2/c1-31-46-43-19-11-12-20-44(43)47(31)38-25-21-33(22-26-38)35-24-28-40-39-27-23-34(32-13-5-2-6-14-32)29-41(39)45(42(40)30-35,36-15-7-3-8-16-36)37-17-9-4-10-18-37/h2-30H,1H3. The van der Waals surface area contributed by atoms with Crippen LogP contribution in [0.2, 0.25) is 0 Å². The van der Waals surface area contributed by atoms with Crippen molar-refractivity contribution in [3.8, 4) is 39.1 Å². The predicted molar refractivity (Wildman–Crippen MR) is 194 cm³/mol. The first-order chi connectivity index (χ1) is 23.2. The number of para-hydroxylation sites is 2. The molecule has 0 unspecified atom stereocenters. The van der Waals surface area contributed by atoms with Gasteiger partial charge in [0.2, 0.25) is 0 Å². The molecular weight excluding hydrogens is 569 g/mol. The maximum Gasteiger partial charge on any atom is 0.111 e. The van der Waals surface area contributed by atoms with Crippen LogP contribution in [0, 0.1) is 6.92 Å². The third-order valence-electron chi connectivity index (χ3n) is 9.85. The lowest BCUT2D eigenvalue weighted by molar-refractivity contribution is 0.769. The van der Waals surface area contributed by atoms with Crippen molar-refractivity contribution in [3.63, 3.8) is 0 Å². The Bertz CT molecular complexity index is 2350. The molecule has 7 aromatic carbocycles. The molecule has 0 spiro atoms. The highest BCUT2D eigenvalue weighted by Gasteiger charge is 2.46. The Balaban J connectivity index is 1.25. The lowest BCUT2D eigenvalue weighted by atomic mass is 9.67. The van der Waals surface area contributed by atoms with Crippen LogP contribution in [0.1, 0.15) is 28.1 Å². The Labute approximate surface area is 275 Å². The molecule has 0 radical (unpaired) electrons. The summed E-state index contributed by atoms with van der Waals surface area (Å²) in [5.74, 6) is 0.986. The molecule has 222 valence electrons. The minimum Gasteiger partial charge on any atom is -0.297 e. The third kappa shape index (κ3) is 4.22. The van der Waals surface area contributed by atoms with Gasteiger partial charge in [0, 0.05) is 5.69 Å². The largest absolute Gasteiger partial charge is 0.297 e. The molecule has 0 bridgehead atoms. The van der Waals surface area contributed by atoms with Gasteiger partial charge in [0.25, 0.3) is 0 Å². The number of aryl methyl sites for hydroxylation is 1. The van der Waals surface area contributed by atoms with Gasteiger partial charge in [0.05, 0.1) is 16.4 Å². The highest BCUT2D eigenvalue weighted by molar-refractivity contribution is 5.90. The van der Waals surface area contributed by atoms with Crippen LogP contribution < -0.4 is 0 Å². The van der Waals surface area contributed by atoms with Gasteiger partial charge in [-0.25, -0.2) is 4.98 Å². The van der Waals surface area contributed by atoms with Crippen LogP contribution in [0.15, 0.2) is 176 Å². The summed E-state index contributed by atoms with van der Waals surface area (Å²) in [6.07, 6.45) is 0. The molecule has 1 aromatic heterocycles. The Morgan fingerprint density at radius 3 is 1.49 bits per heavy atom. The van der Waals surface area contributed by atoms with Crippen molar-refractivity contribution < 1.29 is 0 Å². The minimum atomic E-state index is -0.471. The third-order valence-corrected chi connectivity index (χ3v) is 9.85. The highest BCUT2D eigenvalue weighted by atomic mass is 15.1. The molecule has 0 amide bonds. The molecule has 2 nitrogen and oxygen atoms in total. The van der Waals surface area contributed by atoms with E-state index in [0.29, 0.717) is 0 Å². The molecule has 0 atom stereocenters. The fourth-order valence-electron chi connectivity index (χ4n) is 7.75. The van der Waals surface area contributed by atoms with Crippen LogP contribution in [-0.2, 0) is 5.41 Å². The van der Waals surface area contributed by atoms with Crippen LogP contribution in [-0.4, -0.2) is 9.55 Å². The van der Waals surface area contributed by atoms with E-state index >= 15 is 0 Å². The Kier molecular flexibility index (Phi) is 6.29. The zero-order chi connectivity index (χ0) is 31.4. The van der Waals surface area contributed by atoms with Crippen molar-refractivity contribution in [2.45, 2.75) is 12.3 Å². The normalized spacial score (nSPS) is 13.0. The molecule has 0 N–H and O–H groups in total. The molecule has 0 fully saturated rings. The lowest BCUT2D eigenvalue weighted by Gasteiger charge is -2.34. The van der Waals surface area contributed by atoms with Gasteiger partial charge in [-0.1, -0.05) is 140 Å². The van der Waals surface area contributed by atoms with Gasteiger partial charge >= 0.3 is 0 Å². The van der Waals surface area contributed by atoms with Gasteiger partial charge in [0.15, 0.2) is 0 Å². The summed E-state index contributed by atoms with van der Waals surface area (Å²) < 4.78 is 2.23. The number of hydrogen-bond donors (Lipinski definition) is 0. The SMILES string of the molecule is Cc1nc2ccccc2n1-c1ccc(-c2ccc3c(c2)C(c2ccccc2)(c2ccccc2)c2cc(-c4ccccc4)ccc2-3)cc1. The van der Waals surface area contributed by atoms with Crippen LogP contribution in [0.5, 0.6) is 0 Å².